The van der Waals surface area contributed by atoms with E-state index < -0.39 is 11.9 Å². The summed E-state index contributed by atoms with van der Waals surface area (Å²) in [4.78, 5) is 22.3. The number of esters is 1. The Morgan fingerprint density at radius 2 is 2.09 bits per heavy atom. The lowest BCUT2D eigenvalue weighted by Gasteiger charge is -2.11. The molecule has 0 bridgehead atoms. The molecule has 1 heterocycles. The first-order chi connectivity index (χ1) is 10.5. The Morgan fingerprint density at radius 3 is 2.73 bits per heavy atom. The van der Waals surface area contributed by atoms with E-state index in [9.17, 15) is 9.59 Å². The van der Waals surface area contributed by atoms with Crippen LogP contribution in [0.2, 0.25) is 0 Å². The van der Waals surface area contributed by atoms with Crippen LogP contribution < -0.4 is 10.5 Å². The molecule has 1 aromatic heterocycles. The van der Waals surface area contributed by atoms with Crippen LogP contribution in [0.25, 0.3) is 11.3 Å². The molecule has 0 aliphatic heterocycles. The van der Waals surface area contributed by atoms with Gasteiger partial charge in [-0.15, -0.1) is 0 Å². The number of primary amides is 1. The van der Waals surface area contributed by atoms with Crippen molar-refractivity contribution < 1.29 is 19.1 Å². The standard InChI is InChI=1S/C14H16N4O4/c1-3-21-11-5-4-9(6-10(11)7-22-8(2)19)12-13(14(15)20)17-18-16-12/h4-6H,3,7H2,1-2H3,(H2,15,20)(H,16,17,18). The van der Waals surface area contributed by atoms with E-state index in [4.69, 9.17) is 15.2 Å². The highest BCUT2D eigenvalue weighted by atomic mass is 16.5. The number of aromatic nitrogens is 3. The van der Waals surface area contributed by atoms with Crippen LogP contribution in [0, 0.1) is 0 Å². The van der Waals surface area contributed by atoms with Gasteiger partial charge in [-0.3, -0.25) is 9.59 Å². The van der Waals surface area contributed by atoms with Crippen molar-refractivity contribution in [2.24, 2.45) is 5.73 Å². The molecule has 0 aliphatic rings. The summed E-state index contributed by atoms with van der Waals surface area (Å²) in [7, 11) is 0. The predicted molar refractivity (Wildman–Crippen MR) is 77.0 cm³/mol. The monoisotopic (exact) mass is 304 g/mol. The first kappa shape index (κ1) is 15.5. The number of nitrogens with one attached hydrogen (secondary N) is 1. The molecule has 116 valence electrons. The lowest BCUT2D eigenvalue weighted by atomic mass is 10.1. The van der Waals surface area contributed by atoms with Crippen LogP contribution in [-0.4, -0.2) is 33.9 Å². The Hall–Kier alpha value is -2.90. The molecule has 0 spiro atoms. The van der Waals surface area contributed by atoms with Gasteiger partial charge in [0.25, 0.3) is 5.91 Å². The zero-order valence-corrected chi connectivity index (χ0v) is 12.3. The number of amides is 1. The van der Waals surface area contributed by atoms with Gasteiger partial charge in [0.05, 0.1) is 6.61 Å². The van der Waals surface area contributed by atoms with E-state index in [1.165, 1.54) is 6.92 Å². The first-order valence-electron chi connectivity index (χ1n) is 6.63. The average molecular weight is 304 g/mol. The van der Waals surface area contributed by atoms with Crippen molar-refractivity contribution in [3.8, 4) is 17.0 Å². The van der Waals surface area contributed by atoms with Crippen molar-refractivity contribution in [3.05, 3.63) is 29.5 Å². The average Bonchev–Trinajstić information content (AvgIpc) is 2.96. The van der Waals surface area contributed by atoms with Gasteiger partial charge in [-0.2, -0.15) is 15.4 Å². The van der Waals surface area contributed by atoms with Crippen LogP contribution in [0.1, 0.15) is 29.9 Å². The van der Waals surface area contributed by atoms with Gasteiger partial charge in [0.1, 0.15) is 18.1 Å². The van der Waals surface area contributed by atoms with Crippen LogP contribution in [0.5, 0.6) is 5.75 Å². The van der Waals surface area contributed by atoms with E-state index in [0.717, 1.165) is 0 Å². The number of rotatable bonds is 6. The van der Waals surface area contributed by atoms with Crippen molar-refractivity contribution in [1.29, 1.82) is 0 Å². The SMILES string of the molecule is CCOc1ccc(-c2n[nH]nc2C(N)=O)cc1COC(C)=O. The summed E-state index contributed by atoms with van der Waals surface area (Å²) in [5.41, 5.74) is 6.91. The smallest absolute Gasteiger partial charge is 0.302 e. The number of ether oxygens (including phenoxy) is 2. The highest BCUT2D eigenvalue weighted by molar-refractivity contribution is 5.96. The Kier molecular flexibility index (Phi) is 4.72. The normalized spacial score (nSPS) is 10.3. The molecule has 1 amide bonds. The van der Waals surface area contributed by atoms with Gasteiger partial charge in [-0.25, -0.2) is 0 Å². The molecular formula is C14H16N4O4. The van der Waals surface area contributed by atoms with Gasteiger partial charge in [0.2, 0.25) is 0 Å². The molecule has 22 heavy (non-hydrogen) atoms. The van der Waals surface area contributed by atoms with Gasteiger partial charge >= 0.3 is 5.97 Å². The molecule has 0 unspecified atom stereocenters. The molecule has 0 aliphatic carbocycles. The van der Waals surface area contributed by atoms with Crippen molar-refractivity contribution in [2.45, 2.75) is 20.5 Å². The van der Waals surface area contributed by atoms with Crippen molar-refractivity contribution in [1.82, 2.24) is 15.4 Å². The molecule has 8 nitrogen and oxygen atoms in total. The van der Waals surface area contributed by atoms with Gasteiger partial charge in [0.15, 0.2) is 5.69 Å². The van der Waals surface area contributed by atoms with Crippen molar-refractivity contribution in [3.63, 3.8) is 0 Å². The fraction of sp³-hybridized carbons (Fsp3) is 0.286. The molecule has 1 aromatic carbocycles. The Morgan fingerprint density at radius 1 is 1.32 bits per heavy atom. The minimum Gasteiger partial charge on any atom is -0.493 e. The van der Waals surface area contributed by atoms with E-state index >= 15 is 0 Å². The third kappa shape index (κ3) is 3.40. The van der Waals surface area contributed by atoms with E-state index in [1.807, 2.05) is 6.92 Å². The first-order valence-corrected chi connectivity index (χ1v) is 6.63. The quantitative estimate of drug-likeness (QED) is 0.769. The fourth-order valence-corrected chi connectivity index (χ4v) is 1.92. The number of nitrogens with zero attached hydrogens (tertiary/aromatic N) is 2. The molecular weight excluding hydrogens is 288 g/mol. The lowest BCUT2D eigenvalue weighted by Crippen LogP contribution is -2.12. The molecule has 0 saturated carbocycles. The van der Waals surface area contributed by atoms with E-state index in [2.05, 4.69) is 15.4 Å². The third-order valence-electron chi connectivity index (χ3n) is 2.85. The largest absolute Gasteiger partial charge is 0.493 e. The maximum absolute atomic E-state index is 11.3. The molecule has 0 atom stereocenters. The molecule has 0 saturated heterocycles. The number of carbonyl (C=O) groups excluding carboxylic acids is 2. The Labute approximate surface area is 126 Å². The predicted octanol–water partition coefficient (Wildman–Crippen LogP) is 1.03. The number of hydrogen-bond acceptors (Lipinski definition) is 6. The topological polar surface area (TPSA) is 120 Å². The molecule has 3 N–H and O–H groups in total. The summed E-state index contributed by atoms with van der Waals surface area (Å²) >= 11 is 0. The van der Waals surface area contributed by atoms with Crippen LogP contribution in [0.15, 0.2) is 18.2 Å². The summed E-state index contributed by atoms with van der Waals surface area (Å²) < 4.78 is 10.5. The highest BCUT2D eigenvalue weighted by Crippen LogP contribution is 2.27. The highest BCUT2D eigenvalue weighted by Gasteiger charge is 2.17. The number of carbonyl (C=O) groups is 2. The van der Waals surface area contributed by atoms with E-state index in [1.54, 1.807) is 18.2 Å². The van der Waals surface area contributed by atoms with Crippen LogP contribution in [0.4, 0.5) is 0 Å². The molecule has 2 aromatic rings. The number of benzene rings is 1. The minimum atomic E-state index is -0.681. The second kappa shape index (κ2) is 6.70. The Bertz CT molecular complexity index is 696. The van der Waals surface area contributed by atoms with E-state index in [0.29, 0.717) is 29.2 Å². The number of hydrogen-bond donors (Lipinski definition) is 2. The molecule has 0 radical (unpaired) electrons. The number of aromatic amines is 1. The zero-order valence-electron chi connectivity index (χ0n) is 12.3. The van der Waals surface area contributed by atoms with E-state index in [-0.39, 0.29) is 12.3 Å². The molecule has 2 rings (SSSR count). The molecule has 0 fully saturated rings. The third-order valence-corrected chi connectivity index (χ3v) is 2.85. The second-order valence-electron chi connectivity index (χ2n) is 4.42. The summed E-state index contributed by atoms with van der Waals surface area (Å²) in [6, 6.07) is 5.17. The van der Waals surface area contributed by atoms with Crippen LogP contribution in [-0.2, 0) is 16.1 Å². The summed E-state index contributed by atoms with van der Waals surface area (Å²) in [6.07, 6.45) is 0. The van der Waals surface area contributed by atoms with Gasteiger partial charge in [-0.05, 0) is 25.1 Å². The second-order valence-corrected chi connectivity index (χ2v) is 4.42. The zero-order chi connectivity index (χ0) is 16.1. The molecule has 8 heteroatoms. The maximum atomic E-state index is 11.3. The van der Waals surface area contributed by atoms with Crippen molar-refractivity contribution in [2.75, 3.05) is 6.61 Å². The maximum Gasteiger partial charge on any atom is 0.302 e. The number of H-pyrrole nitrogens is 1. The summed E-state index contributed by atoms with van der Waals surface area (Å²) in [6.45, 7) is 3.71. The lowest BCUT2D eigenvalue weighted by molar-refractivity contribution is -0.142. The van der Waals surface area contributed by atoms with Gasteiger partial charge < -0.3 is 15.2 Å². The fourth-order valence-electron chi connectivity index (χ4n) is 1.92. The Balaban J connectivity index is 2.40. The summed E-state index contributed by atoms with van der Waals surface area (Å²) in [5, 5.41) is 10.0. The summed E-state index contributed by atoms with van der Waals surface area (Å²) in [5.74, 6) is -0.483. The minimum absolute atomic E-state index is 0.0441. The number of nitrogens with two attached hydrogens (primary N) is 1. The van der Waals surface area contributed by atoms with Crippen LogP contribution >= 0.6 is 0 Å². The van der Waals surface area contributed by atoms with Crippen molar-refractivity contribution >= 4 is 11.9 Å². The van der Waals surface area contributed by atoms with Gasteiger partial charge in [-0.1, -0.05) is 0 Å². The van der Waals surface area contributed by atoms with Crippen LogP contribution in [0.3, 0.4) is 0 Å². The van der Waals surface area contributed by atoms with Gasteiger partial charge in [0, 0.05) is 18.1 Å².